The standard InChI is InChI=1S/C20H33N3O3.HI/c1-5-24-18-10-9-16(14-19(18)25-6-2)15(3)23-20(21-4)22-12-11-17-8-7-13-26-17;/h9-10,14-15,17H,5-8,11-13H2,1-4H3,(H2,21,22,23);1H. The summed E-state index contributed by atoms with van der Waals surface area (Å²) < 4.78 is 17.0. The van der Waals surface area contributed by atoms with E-state index in [1.807, 2.05) is 26.0 Å². The highest BCUT2D eigenvalue weighted by Crippen LogP contribution is 2.30. The van der Waals surface area contributed by atoms with Crippen LogP contribution in [0.1, 0.15) is 51.6 Å². The molecule has 154 valence electrons. The molecule has 0 aliphatic carbocycles. The molecule has 0 saturated carbocycles. The van der Waals surface area contributed by atoms with Crippen LogP contribution in [0.4, 0.5) is 0 Å². The monoisotopic (exact) mass is 491 g/mol. The second-order valence-electron chi connectivity index (χ2n) is 6.36. The summed E-state index contributed by atoms with van der Waals surface area (Å²) in [5.74, 6) is 2.36. The van der Waals surface area contributed by atoms with Crippen LogP contribution in [0.3, 0.4) is 0 Å². The second-order valence-corrected chi connectivity index (χ2v) is 6.36. The van der Waals surface area contributed by atoms with Crippen molar-refractivity contribution in [2.24, 2.45) is 4.99 Å². The minimum absolute atomic E-state index is 0. The van der Waals surface area contributed by atoms with Crippen molar-refractivity contribution in [1.29, 1.82) is 0 Å². The van der Waals surface area contributed by atoms with Gasteiger partial charge in [-0.15, -0.1) is 24.0 Å². The molecule has 0 spiro atoms. The molecule has 1 aromatic carbocycles. The van der Waals surface area contributed by atoms with Gasteiger partial charge in [0.25, 0.3) is 0 Å². The van der Waals surface area contributed by atoms with E-state index in [0.29, 0.717) is 19.3 Å². The third-order valence-electron chi connectivity index (χ3n) is 4.43. The summed E-state index contributed by atoms with van der Waals surface area (Å²) in [5.41, 5.74) is 1.12. The molecule has 1 aromatic rings. The minimum Gasteiger partial charge on any atom is -0.490 e. The summed E-state index contributed by atoms with van der Waals surface area (Å²) >= 11 is 0. The van der Waals surface area contributed by atoms with Crippen LogP contribution in [0.5, 0.6) is 11.5 Å². The normalized spacial score (nSPS) is 17.8. The van der Waals surface area contributed by atoms with E-state index in [1.54, 1.807) is 7.05 Å². The summed E-state index contributed by atoms with van der Waals surface area (Å²) in [7, 11) is 1.79. The van der Waals surface area contributed by atoms with Crippen LogP contribution in [0.25, 0.3) is 0 Å². The molecular weight excluding hydrogens is 457 g/mol. The molecule has 1 saturated heterocycles. The maximum absolute atomic E-state index is 5.72. The lowest BCUT2D eigenvalue weighted by Crippen LogP contribution is -2.39. The molecule has 1 heterocycles. The molecule has 2 unspecified atom stereocenters. The third kappa shape index (κ3) is 7.73. The number of guanidine groups is 1. The highest BCUT2D eigenvalue weighted by Gasteiger charge is 2.16. The zero-order valence-corrected chi connectivity index (χ0v) is 19.2. The number of rotatable bonds is 9. The minimum atomic E-state index is 0. The molecule has 2 atom stereocenters. The van der Waals surface area contributed by atoms with Gasteiger partial charge in [-0.3, -0.25) is 4.99 Å². The molecule has 0 amide bonds. The summed E-state index contributed by atoms with van der Waals surface area (Å²) in [6.45, 7) is 9.04. The Morgan fingerprint density at radius 1 is 1.26 bits per heavy atom. The van der Waals surface area contributed by atoms with Crippen molar-refractivity contribution in [3.63, 3.8) is 0 Å². The van der Waals surface area contributed by atoms with E-state index in [0.717, 1.165) is 49.0 Å². The van der Waals surface area contributed by atoms with Gasteiger partial charge in [0.1, 0.15) is 0 Å². The number of nitrogens with zero attached hydrogens (tertiary/aromatic N) is 1. The molecule has 2 rings (SSSR count). The van der Waals surface area contributed by atoms with Gasteiger partial charge < -0.3 is 24.8 Å². The fourth-order valence-electron chi connectivity index (χ4n) is 3.04. The molecule has 0 bridgehead atoms. The first kappa shape index (κ1) is 23.8. The van der Waals surface area contributed by atoms with Crippen LogP contribution < -0.4 is 20.1 Å². The number of hydrogen-bond acceptors (Lipinski definition) is 4. The average molecular weight is 491 g/mol. The third-order valence-corrected chi connectivity index (χ3v) is 4.43. The van der Waals surface area contributed by atoms with Gasteiger partial charge in [-0.05, 0) is 57.7 Å². The Morgan fingerprint density at radius 2 is 2.00 bits per heavy atom. The van der Waals surface area contributed by atoms with Crippen LogP contribution in [0.15, 0.2) is 23.2 Å². The molecule has 1 aliphatic rings. The first-order valence-corrected chi connectivity index (χ1v) is 9.66. The molecule has 0 aromatic heterocycles. The van der Waals surface area contributed by atoms with Crippen LogP contribution >= 0.6 is 24.0 Å². The first-order chi connectivity index (χ1) is 12.7. The summed E-state index contributed by atoms with van der Waals surface area (Å²) in [5, 5.41) is 6.80. The number of ether oxygens (including phenoxy) is 3. The van der Waals surface area contributed by atoms with E-state index >= 15 is 0 Å². The molecule has 0 radical (unpaired) electrons. The Kier molecular flexibility index (Phi) is 11.5. The SMILES string of the molecule is CCOc1ccc(C(C)NC(=NC)NCCC2CCCO2)cc1OCC.I. The Hall–Kier alpha value is -1.22. The van der Waals surface area contributed by atoms with Crippen LogP contribution in [0, 0.1) is 0 Å². The number of aliphatic imine (C=N–C) groups is 1. The van der Waals surface area contributed by atoms with Gasteiger partial charge in [-0.1, -0.05) is 6.07 Å². The van der Waals surface area contributed by atoms with Crippen molar-refractivity contribution < 1.29 is 14.2 Å². The molecule has 1 fully saturated rings. The van der Waals surface area contributed by atoms with Crippen molar-refractivity contribution in [3.8, 4) is 11.5 Å². The van der Waals surface area contributed by atoms with E-state index < -0.39 is 0 Å². The number of hydrogen-bond donors (Lipinski definition) is 2. The smallest absolute Gasteiger partial charge is 0.191 e. The molecule has 27 heavy (non-hydrogen) atoms. The van der Waals surface area contributed by atoms with E-state index in [2.05, 4.69) is 28.6 Å². The van der Waals surface area contributed by atoms with Gasteiger partial charge in [0, 0.05) is 20.2 Å². The van der Waals surface area contributed by atoms with Crippen molar-refractivity contribution in [1.82, 2.24) is 10.6 Å². The van der Waals surface area contributed by atoms with Crippen molar-refractivity contribution in [2.75, 3.05) is 33.4 Å². The van der Waals surface area contributed by atoms with Crippen molar-refractivity contribution >= 4 is 29.9 Å². The van der Waals surface area contributed by atoms with Gasteiger partial charge in [-0.25, -0.2) is 0 Å². The molecule has 2 N–H and O–H groups in total. The number of nitrogens with one attached hydrogen (secondary N) is 2. The summed E-state index contributed by atoms with van der Waals surface area (Å²) in [4.78, 5) is 4.32. The van der Waals surface area contributed by atoms with Crippen molar-refractivity contribution in [3.05, 3.63) is 23.8 Å². The Labute approximate surface area is 180 Å². The number of benzene rings is 1. The van der Waals surface area contributed by atoms with Gasteiger partial charge >= 0.3 is 0 Å². The lowest BCUT2D eigenvalue weighted by Gasteiger charge is -2.20. The maximum atomic E-state index is 5.72. The van der Waals surface area contributed by atoms with Crippen molar-refractivity contribution in [2.45, 2.75) is 52.2 Å². The highest BCUT2D eigenvalue weighted by molar-refractivity contribution is 14.0. The Bertz CT molecular complexity index is 578. The molecule has 6 nitrogen and oxygen atoms in total. The molecule has 7 heteroatoms. The largest absolute Gasteiger partial charge is 0.490 e. The van der Waals surface area contributed by atoms with E-state index in [4.69, 9.17) is 14.2 Å². The Morgan fingerprint density at radius 3 is 2.63 bits per heavy atom. The van der Waals surface area contributed by atoms with Gasteiger partial charge in [0.05, 0.1) is 25.4 Å². The van der Waals surface area contributed by atoms with Gasteiger partial charge in [-0.2, -0.15) is 0 Å². The van der Waals surface area contributed by atoms with Gasteiger partial charge in [0.15, 0.2) is 17.5 Å². The summed E-state index contributed by atoms with van der Waals surface area (Å²) in [6, 6.07) is 6.16. The zero-order valence-electron chi connectivity index (χ0n) is 16.9. The first-order valence-electron chi connectivity index (χ1n) is 9.66. The Balaban J connectivity index is 0.00000364. The van der Waals surface area contributed by atoms with Gasteiger partial charge in [0.2, 0.25) is 0 Å². The summed E-state index contributed by atoms with van der Waals surface area (Å²) in [6.07, 6.45) is 3.73. The quantitative estimate of drug-likeness (QED) is 0.312. The lowest BCUT2D eigenvalue weighted by molar-refractivity contribution is 0.105. The maximum Gasteiger partial charge on any atom is 0.191 e. The predicted octanol–water partition coefficient (Wildman–Crippen LogP) is 3.90. The fraction of sp³-hybridized carbons (Fsp3) is 0.650. The molecule has 1 aliphatic heterocycles. The second kappa shape index (κ2) is 13.0. The van der Waals surface area contributed by atoms with E-state index in [1.165, 1.54) is 6.42 Å². The lowest BCUT2D eigenvalue weighted by atomic mass is 10.1. The van der Waals surface area contributed by atoms with Crippen LogP contribution in [0.2, 0.25) is 0 Å². The fourth-order valence-corrected chi connectivity index (χ4v) is 3.04. The number of halogens is 1. The predicted molar refractivity (Wildman–Crippen MR) is 121 cm³/mol. The highest BCUT2D eigenvalue weighted by atomic mass is 127. The van der Waals surface area contributed by atoms with E-state index in [9.17, 15) is 0 Å². The molecular formula is C20H34IN3O3. The zero-order chi connectivity index (χ0) is 18.8. The van der Waals surface area contributed by atoms with Crippen LogP contribution in [-0.4, -0.2) is 45.5 Å². The topological polar surface area (TPSA) is 64.1 Å². The average Bonchev–Trinajstić information content (AvgIpc) is 3.16. The van der Waals surface area contributed by atoms with E-state index in [-0.39, 0.29) is 30.0 Å². The van der Waals surface area contributed by atoms with Crippen LogP contribution in [-0.2, 0) is 4.74 Å².